The van der Waals surface area contributed by atoms with Gasteiger partial charge in [0.25, 0.3) is 0 Å². The van der Waals surface area contributed by atoms with Gasteiger partial charge in [-0.1, -0.05) is 0 Å². The highest BCUT2D eigenvalue weighted by Gasteiger charge is 2.31. The normalized spacial score (nSPS) is 21.5. The van der Waals surface area contributed by atoms with E-state index in [4.69, 9.17) is 5.73 Å². The van der Waals surface area contributed by atoms with Gasteiger partial charge in [-0.3, -0.25) is 4.90 Å². The van der Waals surface area contributed by atoms with Gasteiger partial charge in [-0.2, -0.15) is 0 Å². The Morgan fingerprint density at radius 2 is 2.24 bits per heavy atom. The number of hydrogen-bond donors (Lipinski definition) is 1. The van der Waals surface area contributed by atoms with Gasteiger partial charge in [-0.25, -0.2) is 0 Å². The molecular weight excluding hydrogens is 238 g/mol. The first kappa shape index (κ1) is 14.4. The van der Waals surface area contributed by atoms with Crippen LogP contribution in [0.2, 0.25) is 0 Å². The summed E-state index contributed by atoms with van der Waals surface area (Å²) in [6, 6.07) is 0.385. The molecule has 2 rings (SSSR count). The zero-order chi connectivity index (χ0) is 11.8. The molecule has 5 nitrogen and oxygen atoms in total. The Kier molecular flexibility index (Phi) is 4.52. The Bertz CT molecular complexity index is 357. The topological polar surface area (TPSA) is 60.0 Å². The molecule has 0 aliphatic carbocycles. The lowest BCUT2D eigenvalue weighted by molar-refractivity contribution is 0.202. The smallest absolute Gasteiger partial charge is 0.149 e. The zero-order valence-corrected chi connectivity index (χ0v) is 11.6. The van der Waals surface area contributed by atoms with Gasteiger partial charge in [-0.05, 0) is 33.2 Å². The van der Waals surface area contributed by atoms with Crippen molar-refractivity contribution in [2.75, 3.05) is 13.1 Å². The minimum atomic E-state index is -0.152. The highest BCUT2D eigenvalue weighted by Crippen LogP contribution is 2.30. The van der Waals surface area contributed by atoms with E-state index in [1.54, 1.807) is 6.33 Å². The largest absolute Gasteiger partial charge is 0.324 e. The predicted octanol–water partition coefficient (Wildman–Crippen LogP) is 1.11. The second-order valence-corrected chi connectivity index (χ2v) is 5.42. The summed E-state index contributed by atoms with van der Waals surface area (Å²) in [5.74, 6) is 1.06. The van der Waals surface area contributed by atoms with Crippen molar-refractivity contribution in [1.82, 2.24) is 19.7 Å². The molecule has 6 heteroatoms. The van der Waals surface area contributed by atoms with Gasteiger partial charge in [-0.15, -0.1) is 22.6 Å². The van der Waals surface area contributed by atoms with E-state index in [-0.39, 0.29) is 17.9 Å². The first-order chi connectivity index (χ1) is 7.47. The van der Waals surface area contributed by atoms with E-state index < -0.39 is 0 Å². The van der Waals surface area contributed by atoms with Crippen LogP contribution in [0.3, 0.4) is 0 Å². The summed E-state index contributed by atoms with van der Waals surface area (Å²) in [5, 5.41) is 8.16. The van der Waals surface area contributed by atoms with Crippen molar-refractivity contribution < 1.29 is 0 Å². The van der Waals surface area contributed by atoms with E-state index >= 15 is 0 Å². The fourth-order valence-corrected chi connectivity index (χ4v) is 2.43. The predicted molar refractivity (Wildman–Crippen MR) is 70.1 cm³/mol. The summed E-state index contributed by atoms with van der Waals surface area (Å²) in [7, 11) is 2.00. The van der Waals surface area contributed by atoms with Crippen LogP contribution in [0.5, 0.6) is 0 Å². The molecule has 2 heterocycles. The Balaban J connectivity index is 0.00000144. The average Bonchev–Trinajstić information content (AvgIpc) is 2.71. The summed E-state index contributed by atoms with van der Waals surface area (Å²) in [6.07, 6.45) is 4.13. The Hall–Kier alpha value is -0.650. The maximum atomic E-state index is 6.08. The maximum Gasteiger partial charge on any atom is 0.149 e. The van der Waals surface area contributed by atoms with Gasteiger partial charge in [0.1, 0.15) is 12.2 Å². The van der Waals surface area contributed by atoms with Crippen LogP contribution in [0.25, 0.3) is 0 Å². The monoisotopic (exact) mass is 259 g/mol. The zero-order valence-electron chi connectivity index (χ0n) is 10.8. The van der Waals surface area contributed by atoms with Gasteiger partial charge >= 0.3 is 0 Å². The number of hydrogen-bond acceptors (Lipinski definition) is 4. The molecule has 1 aliphatic heterocycles. The molecule has 0 amide bonds. The number of nitrogens with zero attached hydrogens (tertiary/aromatic N) is 4. The lowest BCUT2D eigenvalue weighted by Crippen LogP contribution is -2.45. The van der Waals surface area contributed by atoms with E-state index in [1.807, 2.05) is 11.6 Å². The van der Waals surface area contributed by atoms with E-state index in [0.717, 1.165) is 25.3 Å². The number of aryl methyl sites for hydroxylation is 1. The highest BCUT2D eigenvalue weighted by molar-refractivity contribution is 5.85. The number of likely N-dealkylation sites (tertiary alicyclic amines) is 1. The standard InChI is InChI=1S/C11H21N5.ClH/c1-11(2,12)7-16-6-4-5-9(16)10-14-13-8-15(10)3;/h8-9H,4-7,12H2,1-3H3;1H. The molecule has 0 radical (unpaired) electrons. The molecule has 1 aromatic rings. The minimum absolute atomic E-state index is 0. The summed E-state index contributed by atoms with van der Waals surface area (Å²) in [4.78, 5) is 2.42. The Morgan fingerprint density at radius 3 is 2.76 bits per heavy atom. The third kappa shape index (κ3) is 3.40. The summed E-state index contributed by atoms with van der Waals surface area (Å²) < 4.78 is 2.01. The van der Waals surface area contributed by atoms with Gasteiger partial charge in [0.2, 0.25) is 0 Å². The van der Waals surface area contributed by atoms with Crippen molar-refractivity contribution >= 4 is 12.4 Å². The molecule has 1 aromatic heterocycles. The Labute approximate surface area is 109 Å². The molecule has 0 saturated carbocycles. The molecule has 98 valence electrons. The van der Waals surface area contributed by atoms with Crippen LogP contribution >= 0.6 is 12.4 Å². The van der Waals surface area contributed by atoms with Crippen molar-refractivity contribution in [2.45, 2.75) is 38.3 Å². The molecule has 2 N–H and O–H groups in total. The van der Waals surface area contributed by atoms with Crippen LogP contribution in [0.15, 0.2) is 6.33 Å². The number of rotatable bonds is 3. The molecule has 0 aromatic carbocycles. The average molecular weight is 260 g/mol. The second-order valence-electron chi connectivity index (χ2n) is 5.42. The number of halogens is 1. The molecule has 1 unspecified atom stereocenters. The molecule has 1 fully saturated rings. The summed E-state index contributed by atoms with van der Waals surface area (Å²) in [6.45, 7) is 6.15. The molecular formula is C11H22ClN5. The minimum Gasteiger partial charge on any atom is -0.324 e. The summed E-state index contributed by atoms with van der Waals surface area (Å²) >= 11 is 0. The van der Waals surface area contributed by atoms with E-state index in [1.165, 1.54) is 6.42 Å². The van der Waals surface area contributed by atoms with Crippen LogP contribution in [-0.4, -0.2) is 38.3 Å². The SMILES string of the molecule is Cl.Cn1cnnc1C1CCCN1CC(C)(C)N. The van der Waals surface area contributed by atoms with Crippen molar-refractivity contribution in [1.29, 1.82) is 0 Å². The molecule has 17 heavy (non-hydrogen) atoms. The Morgan fingerprint density at radius 1 is 1.53 bits per heavy atom. The second kappa shape index (κ2) is 5.33. The first-order valence-electron chi connectivity index (χ1n) is 5.84. The fourth-order valence-electron chi connectivity index (χ4n) is 2.43. The quantitative estimate of drug-likeness (QED) is 0.884. The third-order valence-electron chi connectivity index (χ3n) is 3.02. The van der Waals surface area contributed by atoms with Crippen molar-refractivity contribution in [3.63, 3.8) is 0 Å². The van der Waals surface area contributed by atoms with Crippen molar-refractivity contribution in [2.24, 2.45) is 12.8 Å². The van der Waals surface area contributed by atoms with Crippen molar-refractivity contribution in [3.05, 3.63) is 12.2 Å². The van der Waals surface area contributed by atoms with E-state index in [2.05, 4.69) is 28.9 Å². The highest BCUT2D eigenvalue weighted by atomic mass is 35.5. The van der Waals surface area contributed by atoms with Crippen LogP contribution in [-0.2, 0) is 7.05 Å². The number of aromatic nitrogens is 3. The third-order valence-corrected chi connectivity index (χ3v) is 3.02. The molecule has 0 spiro atoms. The molecule has 1 atom stereocenters. The lowest BCUT2D eigenvalue weighted by atomic mass is 10.1. The molecule has 0 bridgehead atoms. The van der Waals surface area contributed by atoms with Crippen LogP contribution in [0.1, 0.15) is 38.6 Å². The van der Waals surface area contributed by atoms with Gasteiger partial charge in [0.05, 0.1) is 6.04 Å². The van der Waals surface area contributed by atoms with E-state index in [0.29, 0.717) is 6.04 Å². The van der Waals surface area contributed by atoms with Crippen molar-refractivity contribution in [3.8, 4) is 0 Å². The van der Waals surface area contributed by atoms with Crippen LogP contribution < -0.4 is 5.73 Å². The maximum absolute atomic E-state index is 6.08. The first-order valence-corrected chi connectivity index (χ1v) is 5.84. The number of nitrogens with two attached hydrogens (primary N) is 1. The molecule has 1 aliphatic rings. The van der Waals surface area contributed by atoms with Crippen LogP contribution in [0.4, 0.5) is 0 Å². The van der Waals surface area contributed by atoms with E-state index in [9.17, 15) is 0 Å². The van der Waals surface area contributed by atoms with Crippen LogP contribution in [0, 0.1) is 0 Å². The van der Waals surface area contributed by atoms with Gasteiger partial charge in [0, 0.05) is 19.1 Å². The molecule has 1 saturated heterocycles. The summed E-state index contributed by atoms with van der Waals surface area (Å²) in [5.41, 5.74) is 5.93. The lowest BCUT2D eigenvalue weighted by Gasteiger charge is -2.30. The van der Waals surface area contributed by atoms with Gasteiger partial charge < -0.3 is 10.3 Å². The fraction of sp³-hybridized carbons (Fsp3) is 0.818. The van der Waals surface area contributed by atoms with Gasteiger partial charge in [0.15, 0.2) is 0 Å².